The minimum Gasteiger partial charge on any atom is -0.480 e. The number of nitrogens with zero attached hydrogens (tertiary/aromatic N) is 5. The van der Waals surface area contributed by atoms with Crippen LogP contribution in [0.15, 0.2) is 0 Å². The lowest BCUT2D eigenvalue weighted by Crippen LogP contribution is -2.44. The number of amides is 2. The molecule has 284 valence electrons. The molecule has 0 aliphatic carbocycles. The summed E-state index contributed by atoms with van der Waals surface area (Å²) < 4.78 is 21.1. The van der Waals surface area contributed by atoms with Crippen LogP contribution in [-0.4, -0.2) is 206 Å². The monoisotopic (exact) mass is 719 g/mol. The van der Waals surface area contributed by atoms with Crippen molar-refractivity contribution in [1.82, 2.24) is 24.7 Å². The second-order valence-electron chi connectivity index (χ2n) is 11.5. The average molecular weight is 720 g/mol. The number of imide groups is 1. The lowest BCUT2D eigenvalue weighted by Gasteiger charge is -2.30. The molecule has 0 aromatic carbocycles. The van der Waals surface area contributed by atoms with Crippen molar-refractivity contribution in [3.8, 4) is 0 Å². The first kappa shape index (κ1) is 42.4. The van der Waals surface area contributed by atoms with Crippen LogP contribution in [0, 0.1) is 0 Å². The van der Waals surface area contributed by atoms with Crippen molar-refractivity contribution in [2.24, 2.45) is 0 Å². The summed E-state index contributed by atoms with van der Waals surface area (Å²) in [6.07, 6.45) is 1.01. The molecule has 2 fully saturated rings. The molecule has 0 saturated carbocycles. The van der Waals surface area contributed by atoms with Crippen LogP contribution in [-0.2, 0) is 57.3 Å². The van der Waals surface area contributed by atoms with Crippen LogP contribution in [0.1, 0.15) is 25.7 Å². The minimum atomic E-state index is -1.00. The smallest absolute Gasteiger partial charge is 0.358 e. The largest absolute Gasteiger partial charge is 0.480 e. The highest BCUT2D eigenvalue weighted by molar-refractivity contribution is 6.01. The number of ether oxygens (including phenoxy) is 4. The molecule has 2 aliphatic heterocycles. The zero-order chi connectivity index (χ0) is 36.7. The Hall–Kier alpha value is -3.79. The molecule has 0 radical (unpaired) electrons. The molecule has 0 aromatic heterocycles. The summed E-state index contributed by atoms with van der Waals surface area (Å²) >= 11 is 0. The van der Waals surface area contributed by atoms with Gasteiger partial charge < -0.3 is 39.1 Å². The van der Waals surface area contributed by atoms with E-state index < -0.39 is 48.3 Å². The van der Waals surface area contributed by atoms with Crippen molar-refractivity contribution in [2.75, 3.05) is 125 Å². The minimum absolute atomic E-state index is 0.000616. The molecule has 2 rings (SSSR count). The number of rotatable bonds is 20. The fourth-order valence-electron chi connectivity index (χ4n) is 5.08. The van der Waals surface area contributed by atoms with Crippen LogP contribution in [0.5, 0.6) is 0 Å². The van der Waals surface area contributed by atoms with Gasteiger partial charge in [0.05, 0.1) is 59.2 Å². The zero-order valence-corrected chi connectivity index (χ0v) is 28.2. The Morgan fingerprint density at radius 1 is 0.500 bits per heavy atom. The van der Waals surface area contributed by atoms with Crippen molar-refractivity contribution in [3.63, 3.8) is 0 Å². The third-order valence-corrected chi connectivity index (χ3v) is 7.45. The normalized spacial score (nSPS) is 18.1. The van der Waals surface area contributed by atoms with E-state index in [4.69, 9.17) is 18.9 Å². The van der Waals surface area contributed by atoms with Gasteiger partial charge in [0.15, 0.2) is 0 Å². The van der Waals surface area contributed by atoms with E-state index in [-0.39, 0.29) is 78.7 Å². The summed E-state index contributed by atoms with van der Waals surface area (Å²) in [7, 11) is 0. The van der Waals surface area contributed by atoms with E-state index in [1.165, 1.54) is 0 Å². The second kappa shape index (κ2) is 24.4. The number of carboxylic acids is 3. The van der Waals surface area contributed by atoms with Gasteiger partial charge in [0.2, 0.25) is 0 Å². The van der Waals surface area contributed by atoms with Crippen molar-refractivity contribution in [2.45, 2.75) is 25.7 Å². The molecule has 3 N–H and O–H groups in total. The quantitative estimate of drug-likeness (QED) is 0.0666. The Balaban J connectivity index is 1.69. The zero-order valence-electron chi connectivity index (χ0n) is 28.2. The highest BCUT2D eigenvalue weighted by Gasteiger charge is 2.32. The maximum atomic E-state index is 12.6. The maximum absolute atomic E-state index is 12.6. The number of carbonyl (C=O) groups excluding carboxylic acids is 4. The van der Waals surface area contributed by atoms with Crippen molar-refractivity contribution in [1.29, 1.82) is 0 Å². The third-order valence-electron chi connectivity index (χ3n) is 7.45. The third kappa shape index (κ3) is 19.4. The van der Waals surface area contributed by atoms with E-state index in [0.29, 0.717) is 70.3 Å². The van der Waals surface area contributed by atoms with Gasteiger partial charge >= 0.3 is 29.8 Å². The molecule has 2 heterocycles. The summed E-state index contributed by atoms with van der Waals surface area (Å²) in [4.78, 5) is 93.1. The van der Waals surface area contributed by atoms with Crippen LogP contribution in [0.25, 0.3) is 0 Å². The van der Waals surface area contributed by atoms with Crippen molar-refractivity contribution < 1.29 is 72.7 Å². The second-order valence-corrected chi connectivity index (χ2v) is 11.5. The predicted octanol–water partition coefficient (Wildman–Crippen LogP) is -2.56. The first-order valence-corrected chi connectivity index (χ1v) is 16.4. The van der Waals surface area contributed by atoms with Gasteiger partial charge in [-0.25, -0.2) is 4.79 Å². The number of carboxylic acid groups (broad SMARTS) is 3. The summed E-state index contributed by atoms with van der Waals surface area (Å²) in [6.45, 7) is 2.54. The van der Waals surface area contributed by atoms with E-state index in [1.807, 2.05) is 4.90 Å². The molecule has 50 heavy (non-hydrogen) atoms. The Kier molecular flexibility index (Phi) is 20.7. The molecule has 20 nitrogen and oxygen atoms in total. The molecule has 2 saturated heterocycles. The van der Waals surface area contributed by atoms with Gasteiger partial charge in [0, 0.05) is 65.2 Å². The van der Waals surface area contributed by atoms with Crippen LogP contribution in [0.2, 0.25) is 0 Å². The van der Waals surface area contributed by atoms with Gasteiger partial charge in [0.25, 0.3) is 11.8 Å². The van der Waals surface area contributed by atoms with E-state index >= 15 is 0 Å². The number of hydrogen-bond acceptors (Lipinski definition) is 16. The standard InChI is InChI=1S/C30H49N5O15/c36-24-3-4-25(37)35(24)50-30(45)23-48-16-15-46-13-14-47-17-18-49-29(44)22-34-8-2-7-32(20-27(40)41)10-9-31(19-26(38)39)5-1-6-33(11-12-34)21-28(42)43/h1-23H2,(H,38,39)(H,40,41)(H,42,43). The first-order chi connectivity index (χ1) is 23.9. The predicted molar refractivity (Wildman–Crippen MR) is 168 cm³/mol. The van der Waals surface area contributed by atoms with E-state index in [9.17, 15) is 48.9 Å². The van der Waals surface area contributed by atoms with Gasteiger partial charge in [-0.05, 0) is 12.8 Å². The van der Waals surface area contributed by atoms with Gasteiger partial charge in [-0.15, -0.1) is 5.06 Å². The number of carbonyl (C=O) groups is 7. The topological polar surface area (TPSA) is 243 Å². The molecule has 0 unspecified atom stereocenters. The molecule has 2 amide bonds. The van der Waals surface area contributed by atoms with Gasteiger partial charge in [-0.2, -0.15) is 0 Å². The number of hydrogen-bond donors (Lipinski definition) is 3. The van der Waals surface area contributed by atoms with Crippen LogP contribution in [0.3, 0.4) is 0 Å². The van der Waals surface area contributed by atoms with E-state index in [2.05, 4.69) is 4.84 Å². The van der Waals surface area contributed by atoms with Crippen LogP contribution >= 0.6 is 0 Å². The Morgan fingerprint density at radius 2 is 0.880 bits per heavy atom. The summed E-state index contributed by atoms with van der Waals surface area (Å²) in [5, 5.41) is 28.5. The fourth-order valence-corrected chi connectivity index (χ4v) is 5.08. The first-order valence-electron chi connectivity index (χ1n) is 16.4. The van der Waals surface area contributed by atoms with Gasteiger partial charge in [-0.1, -0.05) is 0 Å². The van der Waals surface area contributed by atoms with Crippen molar-refractivity contribution >= 4 is 41.7 Å². The highest BCUT2D eigenvalue weighted by atomic mass is 16.7. The molecule has 0 bridgehead atoms. The maximum Gasteiger partial charge on any atom is 0.358 e. The number of esters is 1. The molecular weight excluding hydrogens is 670 g/mol. The molecule has 0 spiro atoms. The lowest BCUT2D eigenvalue weighted by atomic mass is 10.2. The molecule has 0 atom stereocenters. The molecule has 2 aliphatic rings. The number of aliphatic carboxylic acids is 3. The summed E-state index contributed by atoms with van der Waals surface area (Å²) in [5.41, 5.74) is 0. The summed E-state index contributed by atoms with van der Waals surface area (Å²) in [5.74, 6) is -5.55. The lowest BCUT2D eigenvalue weighted by molar-refractivity contribution is -0.200. The summed E-state index contributed by atoms with van der Waals surface area (Å²) in [6, 6.07) is 0. The Bertz CT molecular complexity index is 1110. The molecular formula is C30H49N5O15. The van der Waals surface area contributed by atoms with Gasteiger partial charge in [0.1, 0.15) is 13.2 Å². The van der Waals surface area contributed by atoms with E-state index in [0.717, 1.165) is 0 Å². The van der Waals surface area contributed by atoms with Crippen LogP contribution < -0.4 is 0 Å². The van der Waals surface area contributed by atoms with Crippen molar-refractivity contribution in [3.05, 3.63) is 0 Å². The molecule has 20 heteroatoms. The van der Waals surface area contributed by atoms with E-state index in [1.54, 1.807) is 14.7 Å². The Labute approximate surface area is 289 Å². The fraction of sp³-hybridized carbons (Fsp3) is 0.767. The Morgan fingerprint density at radius 3 is 1.30 bits per heavy atom. The highest BCUT2D eigenvalue weighted by Crippen LogP contribution is 2.12. The number of hydroxylamine groups is 2. The van der Waals surface area contributed by atoms with Gasteiger partial charge in [-0.3, -0.25) is 48.4 Å². The van der Waals surface area contributed by atoms with Crippen LogP contribution in [0.4, 0.5) is 0 Å². The average Bonchev–Trinajstić information content (AvgIpc) is 3.35. The molecule has 0 aromatic rings. The SMILES string of the molecule is O=C(O)CN1CCCN(CC(=O)O)CCN(CC(=O)OCCOCCOCCOCC(=O)ON2C(=O)CCC2=O)CCCN(CC(=O)O)CC1.